The minimum atomic E-state index is -4.33. The summed E-state index contributed by atoms with van der Waals surface area (Å²) in [5.41, 5.74) is 2.08. The quantitative estimate of drug-likeness (QED) is 0.339. The lowest BCUT2D eigenvalue weighted by molar-refractivity contribution is -0.137. The van der Waals surface area contributed by atoms with Crippen molar-refractivity contribution in [2.75, 3.05) is 26.2 Å². The van der Waals surface area contributed by atoms with Gasteiger partial charge in [-0.3, -0.25) is 0 Å². The molecule has 0 atom stereocenters. The molecule has 0 bridgehead atoms. The van der Waals surface area contributed by atoms with Crippen molar-refractivity contribution in [2.24, 2.45) is 0 Å². The summed E-state index contributed by atoms with van der Waals surface area (Å²) >= 11 is 1.63. The molecular weight excluding hydrogens is 419 g/mol. The molecule has 31 heavy (non-hydrogen) atoms. The highest BCUT2D eigenvalue weighted by Crippen LogP contribution is 2.39. The van der Waals surface area contributed by atoms with Crippen molar-refractivity contribution < 1.29 is 18.3 Å². The number of hydrogen-bond donors (Lipinski definition) is 1. The molecular formula is C25H26F3NOS. The number of hydrogen-bond acceptors (Lipinski definition) is 3. The van der Waals surface area contributed by atoms with E-state index in [0.717, 1.165) is 69.7 Å². The molecule has 1 N–H and O–H groups in total. The predicted molar refractivity (Wildman–Crippen MR) is 122 cm³/mol. The summed E-state index contributed by atoms with van der Waals surface area (Å²) in [6.45, 7) is 6.79. The molecule has 1 heterocycles. The number of aryl methyl sites for hydroxylation is 1. The van der Waals surface area contributed by atoms with Crippen LogP contribution in [0.15, 0.2) is 42.5 Å². The summed E-state index contributed by atoms with van der Waals surface area (Å²) in [6.07, 6.45) is -2.58. The summed E-state index contributed by atoms with van der Waals surface area (Å²) in [6, 6.07) is 11.4. The van der Waals surface area contributed by atoms with E-state index >= 15 is 0 Å². The van der Waals surface area contributed by atoms with E-state index in [-0.39, 0.29) is 6.61 Å². The van der Waals surface area contributed by atoms with Crippen LogP contribution in [0.2, 0.25) is 0 Å². The van der Waals surface area contributed by atoms with Crippen molar-refractivity contribution in [3.63, 3.8) is 0 Å². The van der Waals surface area contributed by atoms with Crippen LogP contribution in [0.1, 0.15) is 35.8 Å². The maximum absolute atomic E-state index is 12.9. The number of thiophene rings is 1. The van der Waals surface area contributed by atoms with Gasteiger partial charge in [-0.25, -0.2) is 0 Å². The van der Waals surface area contributed by atoms with Gasteiger partial charge in [-0.15, -0.1) is 11.3 Å². The zero-order valence-corrected chi connectivity index (χ0v) is 18.5. The number of alkyl halides is 3. The van der Waals surface area contributed by atoms with Crippen LogP contribution in [0.3, 0.4) is 0 Å². The minimum absolute atomic E-state index is 0.175. The number of nitrogens with zero attached hydrogens (tertiary/aromatic N) is 1. The average Bonchev–Trinajstić information content (AvgIpc) is 3.07. The molecule has 0 aliphatic carbocycles. The zero-order valence-electron chi connectivity index (χ0n) is 17.7. The van der Waals surface area contributed by atoms with Gasteiger partial charge in [-0.2, -0.15) is 13.2 Å². The number of rotatable bonds is 7. The normalized spacial score (nSPS) is 11.7. The van der Waals surface area contributed by atoms with Crippen LogP contribution >= 0.6 is 11.3 Å². The fraction of sp³-hybridized carbons (Fsp3) is 0.360. The van der Waals surface area contributed by atoms with Crippen molar-refractivity contribution in [1.82, 2.24) is 4.90 Å². The highest BCUT2D eigenvalue weighted by molar-refractivity contribution is 7.19. The molecule has 2 nitrogen and oxygen atoms in total. The van der Waals surface area contributed by atoms with E-state index in [1.165, 1.54) is 0 Å². The van der Waals surface area contributed by atoms with Crippen LogP contribution < -0.4 is 0 Å². The first kappa shape index (κ1) is 23.3. The standard InChI is InChI=1S/C25H26F3NOS/c1-3-29(15-16-30)14-6-4-5-7-19-8-13-22-23(17-19)31-18(2)24(22)20-9-11-21(12-10-20)25(26,27)28/h8-13,17,30H,3-4,6,14-16H2,1-2H3. The summed E-state index contributed by atoms with van der Waals surface area (Å²) < 4.78 is 39.7. The van der Waals surface area contributed by atoms with Crippen molar-refractivity contribution >= 4 is 21.4 Å². The molecule has 2 aromatic carbocycles. The summed E-state index contributed by atoms with van der Waals surface area (Å²) in [4.78, 5) is 3.27. The fourth-order valence-corrected chi connectivity index (χ4v) is 4.73. The van der Waals surface area contributed by atoms with Gasteiger partial charge in [-0.1, -0.05) is 37.0 Å². The van der Waals surface area contributed by atoms with Gasteiger partial charge in [0.05, 0.1) is 12.2 Å². The Morgan fingerprint density at radius 1 is 1.06 bits per heavy atom. The molecule has 0 fully saturated rings. The lowest BCUT2D eigenvalue weighted by Crippen LogP contribution is -2.27. The Morgan fingerprint density at radius 2 is 1.81 bits per heavy atom. The SMILES string of the molecule is CCN(CCO)CCCC#Cc1ccc2c(-c3ccc(C(F)(F)F)cc3)c(C)sc2c1. The monoisotopic (exact) mass is 445 g/mol. The molecule has 0 saturated carbocycles. The first-order valence-corrected chi connectivity index (χ1v) is 11.2. The Bertz CT molecular complexity index is 1070. The van der Waals surface area contributed by atoms with Crippen LogP contribution in [-0.2, 0) is 6.18 Å². The van der Waals surface area contributed by atoms with Gasteiger partial charge < -0.3 is 10.0 Å². The Hall–Kier alpha value is -2.33. The second-order valence-electron chi connectivity index (χ2n) is 7.38. The Kier molecular flexibility index (Phi) is 7.77. The molecule has 3 rings (SSSR count). The maximum atomic E-state index is 12.9. The molecule has 164 valence electrons. The fourth-order valence-electron chi connectivity index (χ4n) is 3.61. The van der Waals surface area contributed by atoms with Gasteiger partial charge in [0.2, 0.25) is 0 Å². The van der Waals surface area contributed by atoms with Crippen molar-refractivity contribution in [3.8, 4) is 23.0 Å². The first-order valence-electron chi connectivity index (χ1n) is 10.4. The lowest BCUT2D eigenvalue weighted by Gasteiger charge is -2.17. The van der Waals surface area contributed by atoms with Crippen LogP contribution in [0.25, 0.3) is 21.2 Å². The van der Waals surface area contributed by atoms with Gasteiger partial charge in [0.15, 0.2) is 0 Å². The summed E-state index contributed by atoms with van der Waals surface area (Å²) in [5.74, 6) is 6.44. The largest absolute Gasteiger partial charge is 0.416 e. The van der Waals surface area contributed by atoms with Crippen LogP contribution in [0, 0.1) is 18.8 Å². The van der Waals surface area contributed by atoms with Crippen LogP contribution in [0.5, 0.6) is 0 Å². The number of fused-ring (bicyclic) bond motifs is 1. The number of likely N-dealkylation sites (N-methyl/N-ethyl adjacent to an activating group) is 1. The molecule has 0 aliphatic heterocycles. The number of benzene rings is 2. The smallest absolute Gasteiger partial charge is 0.395 e. The van der Waals surface area contributed by atoms with Crippen molar-refractivity contribution in [3.05, 3.63) is 58.5 Å². The topological polar surface area (TPSA) is 23.5 Å². The van der Waals surface area contributed by atoms with Crippen LogP contribution in [-0.4, -0.2) is 36.2 Å². The molecule has 0 unspecified atom stereocenters. The minimum Gasteiger partial charge on any atom is -0.395 e. The molecule has 0 radical (unpaired) electrons. The summed E-state index contributed by atoms with van der Waals surface area (Å²) in [7, 11) is 0. The molecule has 0 amide bonds. The van der Waals surface area contributed by atoms with E-state index in [4.69, 9.17) is 5.11 Å². The maximum Gasteiger partial charge on any atom is 0.416 e. The molecule has 6 heteroatoms. The van der Waals surface area contributed by atoms with E-state index < -0.39 is 11.7 Å². The molecule has 0 aliphatic rings. The molecule has 1 aromatic heterocycles. The third-order valence-electron chi connectivity index (χ3n) is 5.24. The zero-order chi connectivity index (χ0) is 22.4. The van der Waals surface area contributed by atoms with Crippen molar-refractivity contribution in [1.29, 1.82) is 0 Å². The third-order valence-corrected chi connectivity index (χ3v) is 6.31. The van der Waals surface area contributed by atoms with Gasteiger partial charge >= 0.3 is 6.18 Å². The van der Waals surface area contributed by atoms with E-state index in [1.807, 2.05) is 19.1 Å². The second-order valence-corrected chi connectivity index (χ2v) is 8.64. The van der Waals surface area contributed by atoms with E-state index in [9.17, 15) is 13.2 Å². The van der Waals surface area contributed by atoms with Gasteiger partial charge in [0.1, 0.15) is 0 Å². The Balaban J connectivity index is 1.74. The van der Waals surface area contributed by atoms with Gasteiger partial charge in [-0.05, 0) is 56.3 Å². The number of aliphatic hydroxyl groups excluding tert-OH is 1. The van der Waals surface area contributed by atoms with E-state index in [2.05, 4.69) is 29.7 Å². The highest BCUT2D eigenvalue weighted by atomic mass is 32.1. The van der Waals surface area contributed by atoms with E-state index in [0.29, 0.717) is 6.54 Å². The average molecular weight is 446 g/mol. The van der Waals surface area contributed by atoms with E-state index in [1.54, 1.807) is 23.5 Å². The Labute approximate surface area is 185 Å². The molecule has 3 aromatic rings. The van der Waals surface area contributed by atoms with Gasteiger partial charge in [0, 0.05) is 39.1 Å². The highest BCUT2D eigenvalue weighted by Gasteiger charge is 2.30. The van der Waals surface area contributed by atoms with Gasteiger partial charge in [0.25, 0.3) is 0 Å². The number of halogens is 3. The lowest BCUT2D eigenvalue weighted by atomic mass is 10.00. The number of aliphatic hydroxyl groups is 1. The second kappa shape index (κ2) is 10.3. The molecule has 0 saturated heterocycles. The number of unbranched alkanes of at least 4 members (excludes halogenated alkanes) is 1. The first-order chi connectivity index (χ1) is 14.8. The third kappa shape index (κ3) is 5.88. The Morgan fingerprint density at radius 3 is 2.45 bits per heavy atom. The predicted octanol–water partition coefficient (Wildman–Crippen LogP) is 6.34. The van der Waals surface area contributed by atoms with Crippen molar-refractivity contribution in [2.45, 2.75) is 32.9 Å². The molecule has 0 spiro atoms. The van der Waals surface area contributed by atoms with Crippen LogP contribution in [0.4, 0.5) is 13.2 Å². The summed E-state index contributed by atoms with van der Waals surface area (Å²) in [5, 5.41) is 10.1.